The standard InChI is InChI=1S/C13H9BrClFN2S/c14-9-3-1-2-4-12(9)18-13(19)17-8-5-6-11(16)10(15)7-8/h1-7H,(H2,17,18,19). The summed E-state index contributed by atoms with van der Waals surface area (Å²) in [7, 11) is 0. The van der Waals surface area contributed by atoms with Crippen molar-refractivity contribution < 1.29 is 4.39 Å². The Morgan fingerprint density at radius 3 is 2.58 bits per heavy atom. The van der Waals surface area contributed by atoms with Crippen LogP contribution in [0.5, 0.6) is 0 Å². The topological polar surface area (TPSA) is 24.1 Å². The molecule has 0 saturated carbocycles. The van der Waals surface area contributed by atoms with Crippen molar-refractivity contribution in [3.63, 3.8) is 0 Å². The van der Waals surface area contributed by atoms with Crippen molar-refractivity contribution in [3.8, 4) is 0 Å². The van der Waals surface area contributed by atoms with E-state index in [1.54, 1.807) is 6.07 Å². The zero-order chi connectivity index (χ0) is 13.8. The van der Waals surface area contributed by atoms with Crippen LogP contribution in [0.2, 0.25) is 5.02 Å². The van der Waals surface area contributed by atoms with E-state index in [0.717, 1.165) is 10.2 Å². The lowest BCUT2D eigenvalue weighted by Gasteiger charge is -2.12. The number of benzene rings is 2. The third-order valence-electron chi connectivity index (χ3n) is 2.30. The van der Waals surface area contributed by atoms with E-state index in [-0.39, 0.29) is 5.02 Å². The molecule has 0 fully saturated rings. The van der Waals surface area contributed by atoms with Gasteiger partial charge in [0, 0.05) is 10.2 Å². The summed E-state index contributed by atoms with van der Waals surface area (Å²) >= 11 is 14.3. The lowest BCUT2D eigenvalue weighted by atomic mass is 10.3. The van der Waals surface area contributed by atoms with Gasteiger partial charge < -0.3 is 10.6 Å². The SMILES string of the molecule is Fc1ccc(NC(=S)Nc2ccccc2Br)cc1Cl. The summed E-state index contributed by atoms with van der Waals surface area (Å²) in [5, 5.41) is 6.41. The van der Waals surface area contributed by atoms with Gasteiger partial charge in [0.1, 0.15) is 5.82 Å². The first-order valence-electron chi connectivity index (χ1n) is 5.34. The molecule has 0 radical (unpaired) electrons. The summed E-state index contributed by atoms with van der Waals surface area (Å²) in [6.45, 7) is 0. The Kier molecular flexibility index (Phi) is 4.74. The average Bonchev–Trinajstić information content (AvgIpc) is 2.37. The van der Waals surface area contributed by atoms with Crippen LogP contribution >= 0.6 is 39.7 Å². The summed E-state index contributed by atoms with van der Waals surface area (Å²) in [5.41, 5.74) is 1.46. The molecule has 0 unspecified atom stereocenters. The lowest BCUT2D eigenvalue weighted by molar-refractivity contribution is 0.628. The maximum Gasteiger partial charge on any atom is 0.175 e. The number of para-hydroxylation sites is 1. The predicted octanol–water partition coefficient (Wildman–Crippen LogP) is 5.05. The largest absolute Gasteiger partial charge is 0.332 e. The van der Waals surface area contributed by atoms with Crippen LogP contribution in [0.15, 0.2) is 46.9 Å². The van der Waals surface area contributed by atoms with Gasteiger partial charge in [0.05, 0.1) is 10.7 Å². The van der Waals surface area contributed by atoms with E-state index < -0.39 is 5.82 Å². The van der Waals surface area contributed by atoms with E-state index in [0.29, 0.717) is 10.8 Å². The molecule has 0 atom stereocenters. The third kappa shape index (κ3) is 3.89. The molecular weight excluding hydrogens is 351 g/mol. The molecule has 19 heavy (non-hydrogen) atoms. The minimum atomic E-state index is -0.461. The van der Waals surface area contributed by atoms with Gasteiger partial charge in [-0.2, -0.15) is 0 Å². The van der Waals surface area contributed by atoms with E-state index in [9.17, 15) is 4.39 Å². The fraction of sp³-hybridized carbons (Fsp3) is 0. The van der Waals surface area contributed by atoms with Crippen molar-refractivity contribution in [2.45, 2.75) is 0 Å². The molecule has 0 amide bonds. The smallest absolute Gasteiger partial charge is 0.175 e. The van der Waals surface area contributed by atoms with E-state index in [4.69, 9.17) is 23.8 Å². The Hall–Kier alpha value is -1.17. The summed E-state index contributed by atoms with van der Waals surface area (Å²) in [4.78, 5) is 0. The van der Waals surface area contributed by atoms with Crippen molar-refractivity contribution >= 4 is 56.2 Å². The zero-order valence-electron chi connectivity index (χ0n) is 9.58. The number of hydrogen-bond acceptors (Lipinski definition) is 1. The number of nitrogens with one attached hydrogen (secondary N) is 2. The van der Waals surface area contributed by atoms with Crippen LogP contribution in [0, 0.1) is 5.82 Å². The van der Waals surface area contributed by atoms with Crippen molar-refractivity contribution in [1.82, 2.24) is 0 Å². The highest BCUT2D eigenvalue weighted by Crippen LogP contribution is 2.22. The quantitative estimate of drug-likeness (QED) is 0.734. The van der Waals surface area contributed by atoms with Crippen LogP contribution in [0.1, 0.15) is 0 Å². The Balaban J connectivity index is 2.05. The van der Waals surface area contributed by atoms with Gasteiger partial charge in [-0.25, -0.2) is 4.39 Å². The minimum Gasteiger partial charge on any atom is -0.332 e. The molecule has 0 heterocycles. The highest BCUT2D eigenvalue weighted by Gasteiger charge is 2.04. The monoisotopic (exact) mass is 358 g/mol. The van der Waals surface area contributed by atoms with E-state index in [1.807, 2.05) is 24.3 Å². The second kappa shape index (κ2) is 6.32. The van der Waals surface area contributed by atoms with Crippen LogP contribution in [-0.2, 0) is 0 Å². The van der Waals surface area contributed by atoms with Gasteiger partial charge in [-0.3, -0.25) is 0 Å². The van der Waals surface area contributed by atoms with Gasteiger partial charge in [0.2, 0.25) is 0 Å². The van der Waals surface area contributed by atoms with Gasteiger partial charge in [-0.15, -0.1) is 0 Å². The van der Waals surface area contributed by atoms with Crippen LogP contribution in [0.3, 0.4) is 0 Å². The molecule has 0 aliphatic heterocycles. The molecule has 0 aliphatic rings. The zero-order valence-corrected chi connectivity index (χ0v) is 12.7. The molecule has 2 aromatic rings. The van der Waals surface area contributed by atoms with Gasteiger partial charge in [-0.1, -0.05) is 23.7 Å². The Morgan fingerprint density at radius 2 is 1.89 bits per heavy atom. The first-order chi connectivity index (χ1) is 9.06. The highest BCUT2D eigenvalue weighted by atomic mass is 79.9. The molecule has 0 saturated heterocycles. The molecule has 0 spiro atoms. The third-order valence-corrected chi connectivity index (χ3v) is 3.48. The Labute approximate surface area is 129 Å². The normalized spacial score (nSPS) is 10.1. The molecule has 0 aromatic heterocycles. The predicted molar refractivity (Wildman–Crippen MR) is 85.4 cm³/mol. The second-order valence-electron chi connectivity index (χ2n) is 3.69. The van der Waals surface area contributed by atoms with Gasteiger partial charge in [0.25, 0.3) is 0 Å². The number of halogens is 3. The van der Waals surface area contributed by atoms with Gasteiger partial charge in [-0.05, 0) is 58.5 Å². The first-order valence-corrected chi connectivity index (χ1v) is 6.92. The molecule has 98 valence electrons. The molecule has 2 N–H and O–H groups in total. The molecule has 0 aliphatic carbocycles. The number of hydrogen-bond donors (Lipinski definition) is 2. The van der Waals surface area contributed by atoms with Crippen molar-refractivity contribution in [2.24, 2.45) is 0 Å². The average molecular weight is 360 g/mol. The minimum absolute atomic E-state index is 0.0497. The lowest BCUT2D eigenvalue weighted by Crippen LogP contribution is -2.19. The number of rotatable bonds is 2. The number of thiocarbonyl (C=S) groups is 1. The van der Waals surface area contributed by atoms with E-state index in [1.165, 1.54) is 12.1 Å². The van der Waals surface area contributed by atoms with Crippen molar-refractivity contribution in [3.05, 3.63) is 57.8 Å². The number of anilines is 2. The Morgan fingerprint density at radius 1 is 1.16 bits per heavy atom. The first kappa shape index (κ1) is 14.2. The molecular formula is C13H9BrClFN2S. The van der Waals surface area contributed by atoms with Gasteiger partial charge in [0.15, 0.2) is 5.11 Å². The summed E-state index contributed by atoms with van der Waals surface area (Å²) in [6.07, 6.45) is 0. The van der Waals surface area contributed by atoms with Crippen molar-refractivity contribution in [2.75, 3.05) is 10.6 Å². The van der Waals surface area contributed by atoms with Crippen LogP contribution in [0.4, 0.5) is 15.8 Å². The van der Waals surface area contributed by atoms with Crippen molar-refractivity contribution in [1.29, 1.82) is 0 Å². The molecule has 2 rings (SSSR count). The summed E-state index contributed by atoms with van der Waals surface area (Å²) < 4.78 is 13.9. The van der Waals surface area contributed by atoms with E-state index >= 15 is 0 Å². The fourth-order valence-corrected chi connectivity index (χ4v) is 2.21. The molecule has 2 aromatic carbocycles. The van der Waals surface area contributed by atoms with Gasteiger partial charge >= 0.3 is 0 Å². The van der Waals surface area contributed by atoms with Crippen LogP contribution < -0.4 is 10.6 Å². The molecule has 0 bridgehead atoms. The second-order valence-corrected chi connectivity index (χ2v) is 5.36. The molecule has 2 nitrogen and oxygen atoms in total. The summed E-state index contributed by atoms with van der Waals surface area (Å²) in [5.74, 6) is -0.461. The maximum atomic E-state index is 13.0. The maximum absolute atomic E-state index is 13.0. The highest BCUT2D eigenvalue weighted by molar-refractivity contribution is 9.10. The molecule has 6 heteroatoms. The summed E-state index contributed by atoms with van der Waals surface area (Å²) in [6, 6.07) is 11.9. The fourth-order valence-electron chi connectivity index (χ4n) is 1.42. The Bertz CT molecular complexity index is 621. The van der Waals surface area contributed by atoms with E-state index in [2.05, 4.69) is 26.6 Å². The van der Waals surface area contributed by atoms with Crippen LogP contribution in [-0.4, -0.2) is 5.11 Å². The van der Waals surface area contributed by atoms with Crippen LogP contribution in [0.25, 0.3) is 0 Å².